The highest BCUT2D eigenvalue weighted by Crippen LogP contribution is 2.31. The number of hydrogen-bond donors (Lipinski definition) is 0. The van der Waals surface area contributed by atoms with Gasteiger partial charge >= 0.3 is 0 Å². The van der Waals surface area contributed by atoms with E-state index in [9.17, 15) is 4.79 Å². The number of anilines is 1. The summed E-state index contributed by atoms with van der Waals surface area (Å²) in [5, 5.41) is 0.643. The van der Waals surface area contributed by atoms with E-state index in [1.54, 1.807) is 4.90 Å². The van der Waals surface area contributed by atoms with Crippen LogP contribution in [0.1, 0.15) is 12.0 Å². The lowest BCUT2D eigenvalue weighted by atomic mass is 10.2. The minimum absolute atomic E-state index is 0.0603. The molecule has 2 rings (SSSR count). The Morgan fingerprint density at radius 1 is 1.53 bits per heavy atom. The van der Waals surface area contributed by atoms with Crippen LogP contribution in [0.4, 0.5) is 5.69 Å². The van der Waals surface area contributed by atoms with Gasteiger partial charge in [0.15, 0.2) is 0 Å². The highest BCUT2D eigenvalue weighted by atomic mass is 79.9. The first-order valence-corrected chi connectivity index (χ1v) is 6.10. The molecule has 1 aliphatic rings. The summed E-state index contributed by atoms with van der Waals surface area (Å²) in [7, 11) is 0. The van der Waals surface area contributed by atoms with Crippen LogP contribution < -0.4 is 4.90 Å². The smallest absolute Gasteiger partial charge is 0.240 e. The molecule has 1 aliphatic heterocycles. The third kappa shape index (κ3) is 2.04. The molecule has 1 atom stereocenters. The molecule has 0 aliphatic carbocycles. The molecule has 1 amide bonds. The normalized spacial score (nSPS) is 21.1. The Balaban J connectivity index is 2.34. The molecule has 1 saturated heterocycles. The summed E-state index contributed by atoms with van der Waals surface area (Å²) >= 11 is 9.46. The largest absolute Gasteiger partial charge is 0.310 e. The number of hydrogen-bond acceptors (Lipinski definition) is 1. The van der Waals surface area contributed by atoms with Crippen LogP contribution >= 0.6 is 27.5 Å². The zero-order valence-electron chi connectivity index (χ0n) is 8.34. The van der Waals surface area contributed by atoms with E-state index in [1.165, 1.54) is 0 Å². The van der Waals surface area contributed by atoms with Gasteiger partial charge in [0, 0.05) is 6.54 Å². The third-order valence-corrected chi connectivity index (χ3v) is 3.69. The van der Waals surface area contributed by atoms with Crippen molar-refractivity contribution in [3.05, 3.63) is 28.8 Å². The number of nitrogens with zero attached hydrogens (tertiary/aromatic N) is 1. The molecule has 1 fully saturated rings. The van der Waals surface area contributed by atoms with E-state index < -0.39 is 0 Å². The van der Waals surface area contributed by atoms with E-state index in [-0.39, 0.29) is 10.7 Å². The molecule has 1 aromatic carbocycles. The molecule has 1 unspecified atom stereocenters. The van der Waals surface area contributed by atoms with Crippen molar-refractivity contribution < 1.29 is 4.79 Å². The molecule has 0 spiro atoms. The van der Waals surface area contributed by atoms with Crippen LogP contribution in [0, 0.1) is 6.92 Å². The monoisotopic (exact) mass is 287 g/mol. The second kappa shape index (κ2) is 4.14. The Morgan fingerprint density at radius 3 is 2.80 bits per heavy atom. The van der Waals surface area contributed by atoms with E-state index in [0.29, 0.717) is 5.02 Å². The van der Waals surface area contributed by atoms with Crippen LogP contribution in [0.25, 0.3) is 0 Å². The van der Waals surface area contributed by atoms with Crippen molar-refractivity contribution in [3.8, 4) is 0 Å². The van der Waals surface area contributed by atoms with Gasteiger partial charge in [0.25, 0.3) is 0 Å². The first-order valence-electron chi connectivity index (χ1n) is 4.81. The average Bonchev–Trinajstić information content (AvgIpc) is 2.49. The van der Waals surface area contributed by atoms with Gasteiger partial charge in [0.05, 0.1) is 15.5 Å². The summed E-state index contributed by atoms with van der Waals surface area (Å²) in [4.78, 5) is 13.4. The van der Waals surface area contributed by atoms with Crippen LogP contribution in [0.5, 0.6) is 0 Å². The van der Waals surface area contributed by atoms with Gasteiger partial charge in [-0.1, -0.05) is 33.6 Å². The number of carbonyl (C=O) groups is 1. The number of alkyl halides is 1. The lowest BCUT2D eigenvalue weighted by Crippen LogP contribution is -2.27. The SMILES string of the molecule is Cc1ccc(N2CCC(Br)C2=O)c(Cl)c1. The van der Waals surface area contributed by atoms with Crippen LogP contribution in [-0.2, 0) is 4.79 Å². The van der Waals surface area contributed by atoms with Gasteiger partial charge in [-0.05, 0) is 31.0 Å². The Bertz CT molecular complexity index is 408. The number of benzene rings is 1. The molecule has 4 heteroatoms. The number of rotatable bonds is 1. The third-order valence-electron chi connectivity index (χ3n) is 2.53. The molecule has 0 aromatic heterocycles. The van der Waals surface area contributed by atoms with Crippen molar-refractivity contribution in [2.45, 2.75) is 18.2 Å². The van der Waals surface area contributed by atoms with Gasteiger partial charge in [-0.25, -0.2) is 0 Å². The Kier molecular flexibility index (Phi) is 3.03. The van der Waals surface area contributed by atoms with E-state index in [4.69, 9.17) is 11.6 Å². The van der Waals surface area contributed by atoms with Gasteiger partial charge in [-0.3, -0.25) is 4.79 Å². The first-order chi connectivity index (χ1) is 7.09. The fourth-order valence-electron chi connectivity index (χ4n) is 1.72. The first kappa shape index (κ1) is 11.0. The van der Waals surface area contributed by atoms with Crippen LogP contribution in [0.15, 0.2) is 18.2 Å². The maximum Gasteiger partial charge on any atom is 0.240 e. The summed E-state index contributed by atoms with van der Waals surface area (Å²) in [6.45, 7) is 2.71. The number of carbonyl (C=O) groups excluding carboxylic acids is 1. The molecule has 2 nitrogen and oxygen atoms in total. The van der Waals surface area contributed by atoms with Gasteiger partial charge in [0.2, 0.25) is 5.91 Å². The van der Waals surface area contributed by atoms with E-state index in [1.807, 2.05) is 25.1 Å². The zero-order chi connectivity index (χ0) is 11.0. The van der Waals surface area contributed by atoms with Crippen molar-refractivity contribution in [1.82, 2.24) is 0 Å². The van der Waals surface area contributed by atoms with Crippen molar-refractivity contribution in [1.29, 1.82) is 0 Å². The topological polar surface area (TPSA) is 20.3 Å². The van der Waals surface area contributed by atoms with E-state index >= 15 is 0 Å². The number of aryl methyl sites for hydroxylation is 1. The second-order valence-corrected chi connectivity index (χ2v) is 5.21. The van der Waals surface area contributed by atoms with Crippen LogP contribution in [-0.4, -0.2) is 17.3 Å². The predicted molar refractivity (Wildman–Crippen MR) is 65.9 cm³/mol. The van der Waals surface area contributed by atoms with E-state index in [2.05, 4.69) is 15.9 Å². The Labute approximate surface area is 102 Å². The average molecular weight is 289 g/mol. The molecule has 1 heterocycles. The summed E-state index contributed by atoms with van der Waals surface area (Å²) in [6.07, 6.45) is 0.836. The molecule has 0 N–H and O–H groups in total. The van der Waals surface area contributed by atoms with Crippen molar-refractivity contribution in [2.24, 2.45) is 0 Å². The lowest BCUT2D eigenvalue weighted by Gasteiger charge is -2.17. The summed E-state index contributed by atoms with van der Waals surface area (Å²) < 4.78 is 0. The summed E-state index contributed by atoms with van der Waals surface area (Å²) in [5.41, 5.74) is 1.92. The number of halogens is 2. The minimum Gasteiger partial charge on any atom is -0.310 e. The quantitative estimate of drug-likeness (QED) is 0.727. The van der Waals surface area contributed by atoms with E-state index in [0.717, 1.165) is 24.2 Å². The molecule has 80 valence electrons. The van der Waals surface area contributed by atoms with Gasteiger partial charge in [-0.2, -0.15) is 0 Å². The maximum absolute atomic E-state index is 11.8. The van der Waals surface area contributed by atoms with Crippen LogP contribution in [0.3, 0.4) is 0 Å². The molecule has 0 bridgehead atoms. The maximum atomic E-state index is 11.8. The molecule has 1 aromatic rings. The summed E-state index contributed by atoms with van der Waals surface area (Å²) in [5.74, 6) is 0.0979. The molecular weight excluding hydrogens is 277 g/mol. The van der Waals surface area contributed by atoms with Gasteiger partial charge in [-0.15, -0.1) is 0 Å². The fraction of sp³-hybridized carbons (Fsp3) is 0.364. The highest BCUT2D eigenvalue weighted by molar-refractivity contribution is 9.10. The summed E-state index contributed by atoms with van der Waals surface area (Å²) in [6, 6.07) is 5.75. The number of amides is 1. The lowest BCUT2D eigenvalue weighted by molar-refractivity contribution is -0.116. The zero-order valence-corrected chi connectivity index (χ0v) is 10.7. The van der Waals surface area contributed by atoms with Crippen molar-refractivity contribution >= 4 is 39.1 Å². The van der Waals surface area contributed by atoms with Crippen LogP contribution in [0.2, 0.25) is 5.02 Å². The fourth-order valence-corrected chi connectivity index (χ4v) is 2.50. The standard InChI is InChI=1S/C11H11BrClNO/c1-7-2-3-10(9(13)6-7)14-5-4-8(12)11(14)15/h2-3,6,8H,4-5H2,1H3. The Morgan fingerprint density at radius 2 is 2.27 bits per heavy atom. The van der Waals surface area contributed by atoms with Crippen molar-refractivity contribution in [3.63, 3.8) is 0 Å². The molecular formula is C11H11BrClNO. The highest BCUT2D eigenvalue weighted by Gasteiger charge is 2.31. The van der Waals surface area contributed by atoms with Gasteiger partial charge < -0.3 is 4.90 Å². The predicted octanol–water partition coefficient (Wildman–Crippen LogP) is 3.15. The van der Waals surface area contributed by atoms with Crippen molar-refractivity contribution in [2.75, 3.05) is 11.4 Å². The molecule has 0 saturated carbocycles. The van der Waals surface area contributed by atoms with Gasteiger partial charge in [0.1, 0.15) is 0 Å². The molecule has 0 radical (unpaired) electrons. The second-order valence-electron chi connectivity index (χ2n) is 3.70. The Hall–Kier alpha value is -0.540. The molecule has 15 heavy (non-hydrogen) atoms. The minimum atomic E-state index is -0.0603.